The molecule has 18 heavy (non-hydrogen) atoms. The highest BCUT2D eigenvalue weighted by molar-refractivity contribution is 5.92. The van der Waals surface area contributed by atoms with Crippen LogP contribution in [0.1, 0.15) is 23.5 Å². The second kappa shape index (κ2) is 3.96. The smallest absolute Gasteiger partial charge is 0.191 e. The van der Waals surface area contributed by atoms with E-state index >= 15 is 0 Å². The van der Waals surface area contributed by atoms with Crippen molar-refractivity contribution in [2.24, 2.45) is 17.8 Å². The van der Waals surface area contributed by atoms with E-state index in [1.54, 1.807) is 12.1 Å². The molecule has 0 radical (unpaired) electrons. The average molecular weight is 236 g/mol. The fourth-order valence-electron chi connectivity index (χ4n) is 3.30. The average Bonchev–Trinajstić information content (AvgIpc) is 3.14. The van der Waals surface area contributed by atoms with Crippen LogP contribution < -0.4 is 0 Å². The molecule has 0 N–H and O–H groups in total. The fraction of sp³-hybridized carbons (Fsp3) is 0.400. The van der Waals surface area contributed by atoms with Crippen molar-refractivity contribution in [3.05, 3.63) is 35.4 Å². The monoisotopic (exact) mass is 236 g/mol. The first-order chi connectivity index (χ1) is 8.77. The van der Waals surface area contributed by atoms with Crippen LogP contribution in [0.5, 0.6) is 0 Å². The van der Waals surface area contributed by atoms with Gasteiger partial charge in [-0.1, -0.05) is 24.3 Å². The number of carbonyl (C=O) groups excluding carboxylic acids is 1. The summed E-state index contributed by atoms with van der Waals surface area (Å²) in [7, 11) is 0. The fourth-order valence-corrected chi connectivity index (χ4v) is 3.30. The van der Waals surface area contributed by atoms with Crippen LogP contribution >= 0.6 is 0 Å². The largest absolute Gasteiger partial charge is 0.297 e. The number of benzene rings is 1. The number of hydrogen-bond donors (Lipinski definition) is 0. The molecule has 0 spiro atoms. The van der Waals surface area contributed by atoms with Crippen molar-refractivity contribution in [1.82, 2.24) is 0 Å². The van der Waals surface area contributed by atoms with E-state index < -0.39 is 5.92 Å². The molecule has 3 heteroatoms. The molecule has 1 aromatic carbocycles. The molecule has 3 nitrogen and oxygen atoms in total. The summed E-state index contributed by atoms with van der Waals surface area (Å²) < 4.78 is 0. The van der Waals surface area contributed by atoms with Crippen LogP contribution in [0.2, 0.25) is 0 Å². The maximum atomic E-state index is 12.1. The third kappa shape index (κ3) is 1.45. The van der Waals surface area contributed by atoms with Crippen molar-refractivity contribution in [2.45, 2.75) is 18.8 Å². The topological polar surface area (TPSA) is 64.7 Å². The molecule has 3 atom stereocenters. The summed E-state index contributed by atoms with van der Waals surface area (Å²) in [6.07, 6.45) is 2.01. The first kappa shape index (κ1) is 11.0. The summed E-state index contributed by atoms with van der Waals surface area (Å²) in [5.41, 5.74) is 2.57. The third-order valence-corrected chi connectivity index (χ3v) is 4.20. The van der Waals surface area contributed by atoms with Crippen LogP contribution in [-0.2, 0) is 11.2 Å². The molecule has 2 aliphatic carbocycles. The lowest BCUT2D eigenvalue weighted by atomic mass is 9.92. The summed E-state index contributed by atoms with van der Waals surface area (Å²) >= 11 is 0. The van der Waals surface area contributed by atoms with E-state index in [-0.39, 0.29) is 17.6 Å². The van der Waals surface area contributed by atoms with Crippen LogP contribution in [0.3, 0.4) is 0 Å². The summed E-state index contributed by atoms with van der Waals surface area (Å²) in [6.45, 7) is 0. The van der Waals surface area contributed by atoms with Crippen molar-refractivity contribution < 1.29 is 4.79 Å². The number of rotatable bonds is 2. The maximum absolute atomic E-state index is 12.1. The summed E-state index contributed by atoms with van der Waals surface area (Å²) in [4.78, 5) is 12.1. The second-order valence-electron chi connectivity index (χ2n) is 5.05. The van der Waals surface area contributed by atoms with Gasteiger partial charge in [-0.25, -0.2) is 0 Å². The highest BCUT2D eigenvalue weighted by Crippen LogP contribution is 2.60. The Morgan fingerprint density at radius 1 is 1.28 bits per heavy atom. The van der Waals surface area contributed by atoms with Crippen molar-refractivity contribution >= 4 is 5.78 Å². The zero-order chi connectivity index (χ0) is 12.7. The van der Waals surface area contributed by atoms with Gasteiger partial charge in [0.1, 0.15) is 0 Å². The van der Waals surface area contributed by atoms with Gasteiger partial charge in [0.05, 0.1) is 12.1 Å². The molecule has 0 amide bonds. The Balaban J connectivity index is 1.88. The zero-order valence-corrected chi connectivity index (χ0v) is 9.84. The lowest BCUT2D eigenvalue weighted by Crippen LogP contribution is -2.14. The predicted molar refractivity (Wildman–Crippen MR) is 64.2 cm³/mol. The summed E-state index contributed by atoms with van der Waals surface area (Å²) in [5.74, 6) is -0.749. The van der Waals surface area contributed by atoms with E-state index in [4.69, 9.17) is 10.5 Å². The van der Waals surface area contributed by atoms with E-state index in [0.29, 0.717) is 5.92 Å². The lowest BCUT2D eigenvalue weighted by molar-refractivity contribution is -0.121. The Labute approximate surface area is 106 Å². The molecule has 2 aliphatic rings. The van der Waals surface area contributed by atoms with E-state index in [2.05, 4.69) is 12.1 Å². The van der Waals surface area contributed by atoms with E-state index in [0.717, 1.165) is 12.8 Å². The Hall–Kier alpha value is -2.13. The summed E-state index contributed by atoms with van der Waals surface area (Å²) in [5, 5.41) is 17.6. The SMILES string of the molecule is N#CC(C#N)C(=O)C1C2CCc3ccccc3C21. The predicted octanol–water partition coefficient (Wildman–Crippen LogP) is 2.19. The number of nitrogens with zero attached hydrogens (tertiary/aromatic N) is 2. The van der Waals surface area contributed by atoms with Crippen molar-refractivity contribution in [1.29, 1.82) is 10.5 Å². The van der Waals surface area contributed by atoms with Crippen molar-refractivity contribution in [2.75, 3.05) is 0 Å². The second-order valence-corrected chi connectivity index (χ2v) is 5.05. The first-order valence-electron chi connectivity index (χ1n) is 6.18. The molecule has 3 rings (SSSR count). The molecule has 0 bridgehead atoms. The van der Waals surface area contributed by atoms with Gasteiger partial charge in [0.25, 0.3) is 0 Å². The van der Waals surface area contributed by atoms with Gasteiger partial charge in [-0.3, -0.25) is 4.79 Å². The minimum Gasteiger partial charge on any atom is -0.297 e. The lowest BCUT2D eigenvalue weighted by Gasteiger charge is -2.13. The maximum Gasteiger partial charge on any atom is 0.191 e. The Kier molecular flexibility index (Phi) is 2.42. The molecular formula is C15H12N2O. The number of aryl methyl sites for hydroxylation is 1. The molecule has 0 aliphatic heterocycles. The van der Waals surface area contributed by atoms with Gasteiger partial charge in [0, 0.05) is 5.92 Å². The molecule has 0 aromatic heterocycles. The van der Waals surface area contributed by atoms with Crippen LogP contribution in [-0.4, -0.2) is 5.78 Å². The number of fused-ring (bicyclic) bond motifs is 3. The normalized spacial score (nSPS) is 27.6. The van der Waals surface area contributed by atoms with Crippen LogP contribution in [0.4, 0.5) is 0 Å². The quantitative estimate of drug-likeness (QED) is 0.790. The number of carbonyl (C=O) groups is 1. The standard InChI is InChI=1S/C15H12N2O/c16-7-10(8-17)15(18)14-12-6-5-9-3-1-2-4-11(9)13(12)14/h1-4,10,12-14H,5-6H2. The molecular weight excluding hydrogens is 224 g/mol. The number of nitriles is 2. The zero-order valence-electron chi connectivity index (χ0n) is 9.84. The first-order valence-corrected chi connectivity index (χ1v) is 6.18. The Morgan fingerprint density at radius 3 is 2.72 bits per heavy atom. The van der Waals surface area contributed by atoms with Gasteiger partial charge >= 0.3 is 0 Å². The molecule has 3 unspecified atom stereocenters. The van der Waals surface area contributed by atoms with Crippen LogP contribution in [0.25, 0.3) is 0 Å². The van der Waals surface area contributed by atoms with E-state index in [1.807, 2.05) is 12.1 Å². The molecule has 88 valence electrons. The van der Waals surface area contributed by atoms with Crippen molar-refractivity contribution in [3.63, 3.8) is 0 Å². The van der Waals surface area contributed by atoms with Gasteiger partial charge in [0.2, 0.25) is 0 Å². The third-order valence-electron chi connectivity index (χ3n) is 4.20. The Bertz CT molecular complexity index is 579. The van der Waals surface area contributed by atoms with E-state index in [1.165, 1.54) is 11.1 Å². The Morgan fingerprint density at radius 2 is 2.00 bits per heavy atom. The molecule has 0 saturated heterocycles. The van der Waals surface area contributed by atoms with Gasteiger partial charge in [-0.15, -0.1) is 0 Å². The minimum absolute atomic E-state index is 0.0991. The summed E-state index contributed by atoms with van der Waals surface area (Å²) in [6, 6.07) is 11.8. The molecule has 1 aromatic rings. The van der Waals surface area contributed by atoms with Gasteiger partial charge in [-0.2, -0.15) is 10.5 Å². The van der Waals surface area contributed by atoms with Gasteiger partial charge < -0.3 is 0 Å². The highest BCUT2D eigenvalue weighted by Gasteiger charge is 2.57. The molecule has 1 saturated carbocycles. The van der Waals surface area contributed by atoms with E-state index in [9.17, 15) is 4.79 Å². The number of ketones is 1. The number of hydrogen-bond acceptors (Lipinski definition) is 3. The minimum atomic E-state index is -1.09. The molecule has 0 heterocycles. The van der Waals surface area contributed by atoms with Gasteiger partial charge in [-0.05, 0) is 35.8 Å². The van der Waals surface area contributed by atoms with Crippen LogP contribution in [0, 0.1) is 40.4 Å². The molecule has 1 fully saturated rings. The highest BCUT2D eigenvalue weighted by atomic mass is 16.1. The van der Waals surface area contributed by atoms with Gasteiger partial charge in [0.15, 0.2) is 11.7 Å². The van der Waals surface area contributed by atoms with Crippen molar-refractivity contribution in [3.8, 4) is 12.1 Å². The number of Topliss-reactive ketones (excluding diaryl/α,β-unsaturated/α-hetero) is 1. The van der Waals surface area contributed by atoms with Crippen LogP contribution in [0.15, 0.2) is 24.3 Å².